The summed E-state index contributed by atoms with van der Waals surface area (Å²) in [7, 11) is 1.28. The Labute approximate surface area is 107 Å². The van der Waals surface area contributed by atoms with Crippen LogP contribution in [-0.4, -0.2) is 17.9 Å². The normalized spacial score (nSPS) is 10.3. The number of hydrogen-bond acceptors (Lipinski definition) is 2. The minimum absolute atomic E-state index is 0.0240. The number of halogens is 3. The van der Waals surface area contributed by atoms with Crippen LogP contribution in [-0.2, 0) is 0 Å². The third-order valence-corrected chi connectivity index (χ3v) is 2.60. The van der Waals surface area contributed by atoms with Crippen LogP contribution in [0.2, 0.25) is 0 Å². The van der Waals surface area contributed by atoms with Gasteiger partial charge in [0.1, 0.15) is 5.82 Å². The maximum atomic E-state index is 13.5. The van der Waals surface area contributed by atoms with Crippen LogP contribution in [0.4, 0.5) is 18.9 Å². The molecule has 98 valence electrons. The van der Waals surface area contributed by atoms with Crippen molar-refractivity contribution in [2.24, 2.45) is 0 Å². The molecule has 0 aliphatic carbocycles. The van der Waals surface area contributed by atoms with Gasteiger partial charge in [0.05, 0.1) is 11.3 Å². The average molecular weight is 266 g/mol. The van der Waals surface area contributed by atoms with Gasteiger partial charge < -0.3 is 4.90 Å². The predicted octanol–water partition coefficient (Wildman–Crippen LogP) is 2.78. The number of amides is 1. The van der Waals surface area contributed by atoms with Crippen LogP contribution in [0.25, 0.3) is 0 Å². The minimum Gasteiger partial charge on any atom is -0.309 e. The average Bonchev–Trinajstić information content (AvgIpc) is 2.41. The van der Waals surface area contributed by atoms with E-state index in [1.54, 1.807) is 0 Å². The van der Waals surface area contributed by atoms with E-state index < -0.39 is 29.1 Å². The number of rotatable bonds is 2. The molecule has 2 aromatic rings. The van der Waals surface area contributed by atoms with Gasteiger partial charge in [0, 0.05) is 13.2 Å². The number of hydrogen-bond donors (Lipinski definition) is 0. The molecule has 0 atom stereocenters. The molecule has 2 rings (SSSR count). The van der Waals surface area contributed by atoms with Crippen LogP contribution in [0.1, 0.15) is 10.4 Å². The Kier molecular flexibility index (Phi) is 3.50. The van der Waals surface area contributed by atoms with Gasteiger partial charge in [-0.25, -0.2) is 13.8 Å². The summed E-state index contributed by atoms with van der Waals surface area (Å²) in [5, 5.41) is 0. The molecule has 6 heteroatoms. The zero-order chi connectivity index (χ0) is 14.0. The summed E-state index contributed by atoms with van der Waals surface area (Å²) < 4.78 is 39.9. The molecule has 0 fully saturated rings. The molecule has 0 N–H and O–H groups in total. The van der Waals surface area contributed by atoms with E-state index in [0.29, 0.717) is 0 Å². The van der Waals surface area contributed by atoms with Gasteiger partial charge in [0.2, 0.25) is 5.95 Å². The Morgan fingerprint density at radius 3 is 2.53 bits per heavy atom. The Morgan fingerprint density at radius 2 is 1.84 bits per heavy atom. The highest BCUT2D eigenvalue weighted by Gasteiger charge is 2.21. The monoisotopic (exact) mass is 266 g/mol. The second-order valence-electron chi connectivity index (χ2n) is 3.78. The highest BCUT2D eigenvalue weighted by atomic mass is 19.2. The lowest BCUT2D eigenvalue weighted by atomic mass is 10.2. The van der Waals surface area contributed by atoms with Crippen LogP contribution in [0.5, 0.6) is 0 Å². The number of anilines is 1. The van der Waals surface area contributed by atoms with Crippen molar-refractivity contribution in [1.29, 1.82) is 0 Å². The highest BCUT2D eigenvalue weighted by Crippen LogP contribution is 2.20. The van der Waals surface area contributed by atoms with Gasteiger partial charge in [0.15, 0.2) is 5.82 Å². The third kappa shape index (κ3) is 2.42. The zero-order valence-corrected chi connectivity index (χ0v) is 9.90. The molecule has 1 amide bonds. The van der Waals surface area contributed by atoms with E-state index in [2.05, 4.69) is 4.98 Å². The second-order valence-corrected chi connectivity index (χ2v) is 3.78. The largest absolute Gasteiger partial charge is 0.309 e. The molecule has 0 unspecified atom stereocenters. The Morgan fingerprint density at radius 1 is 1.16 bits per heavy atom. The van der Waals surface area contributed by atoms with Crippen LogP contribution >= 0.6 is 0 Å². The number of pyridine rings is 1. The zero-order valence-electron chi connectivity index (χ0n) is 9.90. The molecular weight excluding hydrogens is 257 g/mol. The van der Waals surface area contributed by atoms with Crippen molar-refractivity contribution in [2.75, 3.05) is 11.9 Å². The van der Waals surface area contributed by atoms with E-state index in [0.717, 1.165) is 17.2 Å². The van der Waals surface area contributed by atoms with Crippen molar-refractivity contribution < 1.29 is 18.0 Å². The van der Waals surface area contributed by atoms with Crippen LogP contribution in [0, 0.1) is 17.6 Å². The lowest BCUT2D eigenvalue weighted by Crippen LogP contribution is -2.28. The third-order valence-electron chi connectivity index (χ3n) is 2.60. The van der Waals surface area contributed by atoms with Gasteiger partial charge in [-0.2, -0.15) is 4.39 Å². The van der Waals surface area contributed by atoms with Crippen molar-refractivity contribution >= 4 is 11.6 Å². The van der Waals surface area contributed by atoms with E-state index in [9.17, 15) is 18.0 Å². The van der Waals surface area contributed by atoms with E-state index >= 15 is 0 Å². The quantitative estimate of drug-likeness (QED) is 0.783. The SMILES string of the molecule is CN(C(=O)c1ccnc(F)c1F)c1ccccc1F. The van der Waals surface area contributed by atoms with Gasteiger partial charge in [-0.15, -0.1) is 0 Å². The molecule has 0 saturated heterocycles. The molecule has 0 radical (unpaired) electrons. The molecule has 0 aliphatic rings. The maximum absolute atomic E-state index is 13.5. The van der Waals surface area contributed by atoms with Crippen molar-refractivity contribution in [3.8, 4) is 0 Å². The Hall–Kier alpha value is -2.37. The fourth-order valence-electron chi connectivity index (χ4n) is 1.60. The molecule has 0 aliphatic heterocycles. The first kappa shape index (κ1) is 13.1. The van der Waals surface area contributed by atoms with Gasteiger partial charge in [-0.05, 0) is 18.2 Å². The van der Waals surface area contributed by atoms with E-state index in [-0.39, 0.29) is 5.69 Å². The maximum Gasteiger partial charge on any atom is 0.261 e. The minimum atomic E-state index is -1.37. The van der Waals surface area contributed by atoms with E-state index in [4.69, 9.17) is 0 Å². The number of para-hydroxylation sites is 1. The molecular formula is C13H9F3N2O. The van der Waals surface area contributed by atoms with Crippen molar-refractivity contribution in [2.45, 2.75) is 0 Å². The molecule has 3 nitrogen and oxygen atoms in total. The molecule has 1 aromatic carbocycles. The summed E-state index contributed by atoms with van der Waals surface area (Å²) in [6, 6.07) is 6.57. The van der Waals surface area contributed by atoms with Gasteiger partial charge in [0.25, 0.3) is 5.91 Å². The van der Waals surface area contributed by atoms with E-state index in [1.807, 2.05) is 0 Å². The van der Waals surface area contributed by atoms with Crippen molar-refractivity contribution in [3.63, 3.8) is 0 Å². The molecule has 1 heterocycles. The first-order valence-electron chi connectivity index (χ1n) is 5.35. The van der Waals surface area contributed by atoms with Gasteiger partial charge in [-0.1, -0.05) is 12.1 Å². The Balaban J connectivity index is 2.40. The van der Waals surface area contributed by atoms with Crippen LogP contribution < -0.4 is 4.90 Å². The van der Waals surface area contributed by atoms with E-state index in [1.165, 1.54) is 31.3 Å². The smallest absolute Gasteiger partial charge is 0.261 e. The Bertz CT molecular complexity index is 631. The van der Waals surface area contributed by atoms with Crippen LogP contribution in [0.3, 0.4) is 0 Å². The summed E-state index contributed by atoms with van der Waals surface area (Å²) in [4.78, 5) is 16.0. The van der Waals surface area contributed by atoms with Crippen molar-refractivity contribution in [1.82, 2.24) is 4.98 Å². The molecule has 19 heavy (non-hydrogen) atoms. The van der Waals surface area contributed by atoms with Crippen molar-refractivity contribution in [3.05, 3.63) is 59.7 Å². The molecule has 1 aromatic heterocycles. The number of carbonyl (C=O) groups is 1. The molecule has 0 spiro atoms. The van der Waals surface area contributed by atoms with Crippen LogP contribution in [0.15, 0.2) is 36.5 Å². The summed E-state index contributed by atoms with van der Waals surface area (Å²) in [6.07, 6.45) is 0.973. The molecule has 0 bridgehead atoms. The summed E-state index contributed by atoms with van der Waals surface area (Å²) in [5.74, 6) is -4.21. The topological polar surface area (TPSA) is 33.2 Å². The fourth-order valence-corrected chi connectivity index (χ4v) is 1.60. The lowest BCUT2D eigenvalue weighted by Gasteiger charge is -2.18. The fraction of sp³-hybridized carbons (Fsp3) is 0.0769. The summed E-state index contributed by atoms with van der Waals surface area (Å²) >= 11 is 0. The first-order chi connectivity index (χ1) is 9.02. The number of nitrogens with zero attached hydrogens (tertiary/aromatic N) is 2. The highest BCUT2D eigenvalue weighted by molar-refractivity contribution is 6.05. The number of aromatic nitrogens is 1. The molecule has 0 saturated carbocycles. The number of carbonyl (C=O) groups excluding carboxylic acids is 1. The predicted molar refractivity (Wildman–Crippen MR) is 63.3 cm³/mol. The standard InChI is InChI=1S/C13H9F3N2O/c1-18(10-5-3-2-4-9(10)14)13(19)8-6-7-17-12(16)11(8)15/h2-7H,1H3. The lowest BCUT2D eigenvalue weighted by molar-refractivity contribution is 0.0987. The summed E-state index contributed by atoms with van der Waals surface area (Å²) in [6.45, 7) is 0. The second kappa shape index (κ2) is 5.09. The van der Waals surface area contributed by atoms with Gasteiger partial charge >= 0.3 is 0 Å². The van der Waals surface area contributed by atoms with Gasteiger partial charge in [-0.3, -0.25) is 4.79 Å². The number of benzene rings is 1. The summed E-state index contributed by atoms with van der Waals surface area (Å²) in [5.41, 5.74) is -0.526. The first-order valence-corrected chi connectivity index (χ1v) is 5.35.